The number of amides is 1. The van der Waals surface area contributed by atoms with E-state index in [-0.39, 0.29) is 33.5 Å². The summed E-state index contributed by atoms with van der Waals surface area (Å²) in [6, 6.07) is 15.1. The molecule has 0 saturated carbocycles. The molecule has 3 saturated heterocycles. The number of sulfonamides is 1. The van der Waals surface area contributed by atoms with Crippen molar-refractivity contribution in [1.29, 1.82) is 0 Å². The second kappa shape index (κ2) is 12.2. The topological polar surface area (TPSA) is 81.5 Å². The van der Waals surface area contributed by atoms with Crippen molar-refractivity contribution in [1.82, 2.24) is 23.5 Å². The molecule has 3 aliphatic heterocycles. The lowest BCUT2D eigenvalue weighted by Crippen LogP contribution is -2.56. The van der Waals surface area contributed by atoms with Gasteiger partial charge in [-0.05, 0) is 67.3 Å². The van der Waals surface area contributed by atoms with Gasteiger partial charge in [0.1, 0.15) is 18.0 Å². The van der Waals surface area contributed by atoms with Crippen molar-refractivity contribution in [2.75, 3.05) is 50.7 Å². The van der Waals surface area contributed by atoms with Crippen molar-refractivity contribution in [2.24, 2.45) is 0 Å². The number of anilines is 1. The van der Waals surface area contributed by atoms with Crippen LogP contribution in [0.25, 0.3) is 5.52 Å². The molecule has 2 bridgehead atoms. The highest BCUT2D eigenvalue weighted by Gasteiger charge is 2.43. The highest BCUT2D eigenvalue weighted by atomic mass is 35.5. The lowest BCUT2D eigenvalue weighted by molar-refractivity contribution is 0.0717. The van der Waals surface area contributed by atoms with Gasteiger partial charge >= 0.3 is 0 Å². The number of hydrogen-bond donors (Lipinski definition) is 0. The number of carbonyl (C=O) groups excluding carboxylic acids is 1. The minimum Gasteiger partial charge on any atom is -0.348 e. The average Bonchev–Trinajstić information content (AvgIpc) is 3.61. The molecule has 0 unspecified atom stereocenters. The normalized spacial score (nSPS) is 21.1. The van der Waals surface area contributed by atoms with Gasteiger partial charge in [0.25, 0.3) is 5.91 Å². The Hall–Kier alpha value is -3.22. The van der Waals surface area contributed by atoms with Gasteiger partial charge in [-0.3, -0.25) is 9.20 Å². The standard InChI is InChI=1S/C32H33Cl2FN6O3S/c33-23-3-1-22(2-4-23)9-10-37-11-13-39(14-12-37)45(43,44)28-16-27-18-36-21-40(27)31(17-28)41-25-6-7-26(41)20-38(19-25)32(42)29-8-5-24(35)15-30(29)34/h1-5,8,15-18,21,25-26H,6-7,9-14,19-20H2/t25-,26+. The Morgan fingerprint density at radius 2 is 1.64 bits per heavy atom. The number of carbonyl (C=O) groups is 1. The average molecular weight is 672 g/mol. The van der Waals surface area contributed by atoms with Gasteiger partial charge in [-0.15, -0.1) is 0 Å². The minimum absolute atomic E-state index is 0.0142. The van der Waals surface area contributed by atoms with Crippen molar-refractivity contribution in [3.63, 3.8) is 0 Å². The second-order valence-electron chi connectivity index (χ2n) is 12.0. The summed E-state index contributed by atoms with van der Waals surface area (Å²) >= 11 is 12.2. The van der Waals surface area contributed by atoms with Gasteiger partial charge < -0.3 is 14.7 Å². The number of aromatic nitrogens is 2. The summed E-state index contributed by atoms with van der Waals surface area (Å²) < 4.78 is 45.1. The Morgan fingerprint density at radius 1 is 0.933 bits per heavy atom. The molecule has 2 atom stereocenters. The molecular formula is C32H33Cl2FN6O3S. The second-order valence-corrected chi connectivity index (χ2v) is 14.8. The largest absolute Gasteiger partial charge is 0.348 e. The first-order chi connectivity index (χ1) is 21.7. The molecule has 9 nitrogen and oxygen atoms in total. The fourth-order valence-corrected chi connectivity index (χ4v) is 8.73. The zero-order chi connectivity index (χ0) is 31.3. The van der Waals surface area contributed by atoms with Crippen LogP contribution in [-0.2, 0) is 16.4 Å². The number of benzene rings is 2. The molecule has 0 radical (unpaired) electrons. The van der Waals surface area contributed by atoms with Crippen LogP contribution in [0, 0.1) is 5.82 Å². The summed E-state index contributed by atoms with van der Waals surface area (Å²) in [6.45, 7) is 3.91. The van der Waals surface area contributed by atoms with Gasteiger partial charge in [0, 0.05) is 62.9 Å². The van der Waals surface area contributed by atoms with Crippen molar-refractivity contribution < 1.29 is 17.6 Å². The van der Waals surface area contributed by atoms with Crippen LogP contribution in [0.4, 0.5) is 10.2 Å². The Balaban J connectivity index is 1.08. The fourth-order valence-electron chi connectivity index (χ4n) is 6.89. The molecule has 0 spiro atoms. The minimum atomic E-state index is -3.76. The number of halogens is 3. The SMILES string of the molecule is O=C(c1ccc(F)cc1Cl)N1C[C@H]2CC[C@@H](C1)N2c1cc(S(=O)(=O)N2CCN(CCc3ccc(Cl)cc3)CC2)cc2cncn12. The number of piperazine rings is 2. The van der Waals surface area contributed by atoms with Crippen molar-refractivity contribution in [3.05, 3.63) is 94.1 Å². The van der Waals surface area contributed by atoms with Crippen LogP contribution in [0.3, 0.4) is 0 Å². The van der Waals surface area contributed by atoms with E-state index in [4.69, 9.17) is 23.2 Å². The molecule has 3 aliphatic rings. The Bertz CT molecular complexity index is 1830. The van der Waals surface area contributed by atoms with Gasteiger partial charge in [-0.2, -0.15) is 4.31 Å². The zero-order valence-electron chi connectivity index (χ0n) is 24.5. The third-order valence-electron chi connectivity index (χ3n) is 9.27. The highest BCUT2D eigenvalue weighted by Crippen LogP contribution is 2.37. The van der Waals surface area contributed by atoms with E-state index in [1.807, 2.05) is 28.7 Å². The number of imidazole rings is 1. The molecule has 5 heterocycles. The van der Waals surface area contributed by atoms with Gasteiger partial charge in [0.05, 0.1) is 27.2 Å². The molecule has 45 heavy (non-hydrogen) atoms. The van der Waals surface area contributed by atoms with Crippen LogP contribution in [0.1, 0.15) is 28.8 Å². The van der Waals surface area contributed by atoms with Crippen LogP contribution < -0.4 is 4.90 Å². The van der Waals surface area contributed by atoms with E-state index in [1.165, 1.54) is 17.7 Å². The molecule has 13 heteroatoms. The summed E-state index contributed by atoms with van der Waals surface area (Å²) in [6.07, 6.45) is 5.97. The quantitative estimate of drug-likeness (QED) is 0.281. The van der Waals surface area contributed by atoms with Crippen LogP contribution in [-0.4, -0.2) is 95.7 Å². The Morgan fingerprint density at radius 3 is 2.33 bits per heavy atom. The van der Waals surface area contributed by atoms with E-state index in [0.29, 0.717) is 49.8 Å². The smallest absolute Gasteiger partial charge is 0.255 e. The summed E-state index contributed by atoms with van der Waals surface area (Å²) in [7, 11) is -3.76. The van der Waals surface area contributed by atoms with E-state index in [1.54, 1.807) is 33.9 Å². The molecule has 3 fully saturated rings. The molecule has 0 N–H and O–H groups in total. The first kappa shape index (κ1) is 30.4. The Kier molecular flexibility index (Phi) is 8.24. The van der Waals surface area contributed by atoms with Crippen LogP contribution in [0.2, 0.25) is 10.0 Å². The number of nitrogens with zero attached hydrogens (tertiary/aromatic N) is 6. The van der Waals surface area contributed by atoms with Crippen molar-refractivity contribution in [3.8, 4) is 0 Å². The van der Waals surface area contributed by atoms with E-state index >= 15 is 0 Å². The molecule has 1 amide bonds. The molecule has 7 rings (SSSR count). The van der Waals surface area contributed by atoms with E-state index < -0.39 is 15.8 Å². The molecule has 0 aliphatic carbocycles. The molecule has 2 aromatic carbocycles. The third kappa shape index (κ3) is 5.92. The number of pyridine rings is 1. The van der Waals surface area contributed by atoms with E-state index in [2.05, 4.69) is 14.8 Å². The number of hydrogen-bond acceptors (Lipinski definition) is 6. The summed E-state index contributed by atoms with van der Waals surface area (Å²) in [4.78, 5) is 24.3. The van der Waals surface area contributed by atoms with Crippen molar-refractivity contribution >= 4 is 50.5 Å². The number of fused-ring (bicyclic) bond motifs is 3. The summed E-state index contributed by atoms with van der Waals surface area (Å²) in [5.74, 6) is 0.0363. The van der Waals surface area contributed by atoms with Gasteiger partial charge in [-0.25, -0.2) is 17.8 Å². The predicted octanol–water partition coefficient (Wildman–Crippen LogP) is 4.82. The lowest BCUT2D eigenvalue weighted by Gasteiger charge is -2.42. The lowest BCUT2D eigenvalue weighted by atomic mass is 10.1. The van der Waals surface area contributed by atoms with Gasteiger partial charge in [0.2, 0.25) is 10.0 Å². The predicted molar refractivity (Wildman–Crippen MR) is 172 cm³/mol. The highest BCUT2D eigenvalue weighted by molar-refractivity contribution is 7.89. The Labute approximate surface area is 271 Å². The first-order valence-electron chi connectivity index (χ1n) is 15.1. The maximum atomic E-state index is 14.0. The van der Waals surface area contributed by atoms with Crippen molar-refractivity contribution in [2.45, 2.75) is 36.2 Å². The molecule has 236 valence electrons. The number of rotatable bonds is 7. The van der Waals surface area contributed by atoms with Gasteiger partial charge in [-0.1, -0.05) is 35.3 Å². The molecule has 2 aromatic heterocycles. The van der Waals surface area contributed by atoms with Crippen LogP contribution >= 0.6 is 23.2 Å². The van der Waals surface area contributed by atoms with Gasteiger partial charge in [0.15, 0.2) is 0 Å². The number of likely N-dealkylation sites (tertiary alicyclic amines) is 1. The van der Waals surface area contributed by atoms with E-state index in [9.17, 15) is 17.6 Å². The van der Waals surface area contributed by atoms with E-state index in [0.717, 1.165) is 37.7 Å². The maximum Gasteiger partial charge on any atom is 0.255 e. The zero-order valence-corrected chi connectivity index (χ0v) is 26.9. The summed E-state index contributed by atoms with van der Waals surface area (Å²) in [5, 5.41) is 0.808. The monoisotopic (exact) mass is 670 g/mol. The maximum absolute atomic E-state index is 14.0. The van der Waals surface area contributed by atoms with Crippen LogP contribution in [0.5, 0.6) is 0 Å². The molecular weight excluding hydrogens is 638 g/mol. The fraction of sp³-hybridized carbons (Fsp3) is 0.375. The third-order valence-corrected chi connectivity index (χ3v) is 11.7. The molecule has 4 aromatic rings. The van der Waals surface area contributed by atoms with Crippen LogP contribution in [0.15, 0.2) is 72.0 Å². The first-order valence-corrected chi connectivity index (χ1v) is 17.3. The summed E-state index contributed by atoms with van der Waals surface area (Å²) in [5.41, 5.74) is 2.18.